The first-order chi connectivity index (χ1) is 11.6. The largest absolute Gasteiger partial charge is 0.490 e. The summed E-state index contributed by atoms with van der Waals surface area (Å²) in [6.45, 7) is 0.773. The number of hydrogen-bond acceptors (Lipinski definition) is 6. The molecule has 0 saturated carbocycles. The number of halogens is 1. The van der Waals surface area contributed by atoms with E-state index in [9.17, 15) is 9.59 Å². The maximum atomic E-state index is 11.9. The number of esters is 1. The lowest BCUT2D eigenvalue weighted by Gasteiger charge is -2.10. The molecule has 0 spiro atoms. The van der Waals surface area contributed by atoms with Gasteiger partial charge in [-0.15, -0.1) is 11.3 Å². The third-order valence-electron chi connectivity index (χ3n) is 3.14. The van der Waals surface area contributed by atoms with Crippen LogP contribution in [0.25, 0.3) is 0 Å². The minimum absolute atomic E-state index is 0.350. The van der Waals surface area contributed by atoms with Gasteiger partial charge in [-0.3, -0.25) is 4.79 Å². The van der Waals surface area contributed by atoms with Crippen LogP contribution in [0, 0.1) is 0 Å². The summed E-state index contributed by atoms with van der Waals surface area (Å²) >= 11 is 6.85. The molecule has 0 radical (unpaired) electrons. The fourth-order valence-corrected chi connectivity index (χ4v) is 3.00. The van der Waals surface area contributed by atoms with Gasteiger partial charge in [0.25, 0.3) is 5.91 Å². The van der Waals surface area contributed by atoms with Crippen molar-refractivity contribution in [3.63, 3.8) is 0 Å². The number of fused-ring (bicyclic) bond motifs is 1. The molecule has 1 aromatic carbocycles. The highest BCUT2D eigenvalue weighted by atomic mass is 35.5. The summed E-state index contributed by atoms with van der Waals surface area (Å²) in [6.07, 6.45) is 0.805. The monoisotopic (exact) mass is 367 g/mol. The molecule has 126 valence electrons. The van der Waals surface area contributed by atoms with Gasteiger partial charge >= 0.3 is 5.97 Å². The molecule has 0 atom stereocenters. The predicted octanol–water partition coefficient (Wildman–Crippen LogP) is 3.36. The van der Waals surface area contributed by atoms with Gasteiger partial charge in [0.1, 0.15) is 4.88 Å². The maximum absolute atomic E-state index is 11.9. The summed E-state index contributed by atoms with van der Waals surface area (Å²) in [7, 11) is 0. The van der Waals surface area contributed by atoms with Crippen LogP contribution in [0.2, 0.25) is 4.34 Å². The molecule has 0 bridgehead atoms. The summed E-state index contributed by atoms with van der Waals surface area (Å²) in [4.78, 5) is 24.0. The van der Waals surface area contributed by atoms with E-state index in [4.69, 9.17) is 25.8 Å². The lowest BCUT2D eigenvalue weighted by Crippen LogP contribution is -2.20. The first kappa shape index (κ1) is 16.6. The Kier molecular flexibility index (Phi) is 5.22. The molecule has 2 heterocycles. The Bertz CT molecular complexity index is 761. The first-order valence-corrected chi connectivity index (χ1v) is 8.43. The number of hydrogen-bond donors (Lipinski definition) is 1. The summed E-state index contributed by atoms with van der Waals surface area (Å²) in [5, 5.41) is 2.65. The average molecular weight is 368 g/mol. The van der Waals surface area contributed by atoms with Gasteiger partial charge in [-0.2, -0.15) is 0 Å². The van der Waals surface area contributed by atoms with E-state index >= 15 is 0 Å². The number of thiophene rings is 1. The van der Waals surface area contributed by atoms with Gasteiger partial charge in [-0.1, -0.05) is 11.6 Å². The van der Waals surface area contributed by atoms with Crippen LogP contribution in [-0.4, -0.2) is 31.7 Å². The van der Waals surface area contributed by atoms with Crippen molar-refractivity contribution in [3.05, 3.63) is 39.5 Å². The lowest BCUT2D eigenvalue weighted by atomic mass is 10.2. The molecule has 1 aromatic heterocycles. The van der Waals surface area contributed by atoms with Gasteiger partial charge in [0.2, 0.25) is 0 Å². The van der Waals surface area contributed by atoms with Crippen molar-refractivity contribution < 1.29 is 23.8 Å². The molecule has 24 heavy (non-hydrogen) atoms. The molecule has 1 N–H and O–H groups in total. The van der Waals surface area contributed by atoms with Crippen LogP contribution >= 0.6 is 22.9 Å². The van der Waals surface area contributed by atoms with Gasteiger partial charge in [0, 0.05) is 18.2 Å². The van der Waals surface area contributed by atoms with E-state index in [1.54, 1.807) is 30.3 Å². The van der Waals surface area contributed by atoms with Crippen molar-refractivity contribution in [2.45, 2.75) is 6.42 Å². The average Bonchev–Trinajstić information content (AvgIpc) is 2.87. The molecule has 0 fully saturated rings. The van der Waals surface area contributed by atoms with E-state index < -0.39 is 11.9 Å². The van der Waals surface area contributed by atoms with Crippen molar-refractivity contribution >= 4 is 40.5 Å². The number of amides is 1. The van der Waals surface area contributed by atoms with Gasteiger partial charge in [0.15, 0.2) is 18.1 Å². The molecule has 2 aromatic rings. The SMILES string of the molecule is O=C(COC(=O)c1ccc(Cl)s1)Nc1ccc2c(c1)OCCCO2. The fourth-order valence-electron chi connectivity index (χ4n) is 2.06. The molecule has 1 amide bonds. The second kappa shape index (κ2) is 7.55. The predicted molar refractivity (Wildman–Crippen MR) is 90.3 cm³/mol. The van der Waals surface area contributed by atoms with Gasteiger partial charge in [0.05, 0.1) is 17.6 Å². The minimum atomic E-state index is -0.583. The summed E-state index contributed by atoms with van der Waals surface area (Å²) in [6, 6.07) is 8.26. The number of rotatable bonds is 4. The molecule has 1 aliphatic heterocycles. The van der Waals surface area contributed by atoms with Gasteiger partial charge in [-0.25, -0.2) is 4.79 Å². The molecule has 6 nitrogen and oxygen atoms in total. The Morgan fingerprint density at radius 1 is 1.17 bits per heavy atom. The highest BCUT2D eigenvalue weighted by Crippen LogP contribution is 2.32. The smallest absolute Gasteiger partial charge is 0.348 e. The Balaban J connectivity index is 1.55. The molecular formula is C16H14ClNO5S. The number of carbonyl (C=O) groups excluding carboxylic acids is 2. The van der Waals surface area contributed by atoms with Crippen LogP contribution in [0.5, 0.6) is 11.5 Å². The maximum Gasteiger partial charge on any atom is 0.348 e. The Hall–Kier alpha value is -2.25. The zero-order valence-corrected chi connectivity index (χ0v) is 14.1. The minimum Gasteiger partial charge on any atom is -0.490 e. The highest BCUT2D eigenvalue weighted by Gasteiger charge is 2.14. The zero-order valence-electron chi connectivity index (χ0n) is 12.5. The van der Waals surface area contributed by atoms with Crippen LogP contribution < -0.4 is 14.8 Å². The molecule has 1 aliphatic rings. The van der Waals surface area contributed by atoms with Crippen LogP contribution in [0.15, 0.2) is 30.3 Å². The van der Waals surface area contributed by atoms with E-state index in [1.165, 1.54) is 0 Å². The van der Waals surface area contributed by atoms with Crippen molar-refractivity contribution in [2.24, 2.45) is 0 Å². The number of ether oxygens (including phenoxy) is 3. The molecule has 3 rings (SSSR count). The van der Waals surface area contributed by atoms with Crippen molar-refractivity contribution in [3.8, 4) is 11.5 Å². The lowest BCUT2D eigenvalue weighted by molar-refractivity contribution is -0.119. The topological polar surface area (TPSA) is 73.9 Å². The van der Waals surface area contributed by atoms with Crippen LogP contribution in [0.4, 0.5) is 5.69 Å². The summed E-state index contributed by atoms with van der Waals surface area (Å²) in [5.74, 6) is 0.197. The molecule has 0 saturated heterocycles. The Morgan fingerprint density at radius 3 is 2.71 bits per heavy atom. The van der Waals surface area contributed by atoms with E-state index in [0.717, 1.165) is 17.8 Å². The number of benzene rings is 1. The van der Waals surface area contributed by atoms with Crippen molar-refractivity contribution in [2.75, 3.05) is 25.1 Å². The van der Waals surface area contributed by atoms with Crippen LogP contribution in [-0.2, 0) is 9.53 Å². The van der Waals surface area contributed by atoms with E-state index in [1.807, 2.05) is 0 Å². The van der Waals surface area contributed by atoms with E-state index in [0.29, 0.717) is 39.6 Å². The number of anilines is 1. The van der Waals surface area contributed by atoms with Crippen molar-refractivity contribution in [1.82, 2.24) is 0 Å². The van der Waals surface area contributed by atoms with Crippen molar-refractivity contribution in [1.29, 1.82) is 0 Å². The zero-order chi connectivity index (χ0) is 16.9. The molecule has 8 heteroatoms. The Labute approximate surface area is 147 Å². The van der Waals surface area contributed by atoms with Gasteiger partial charge < -0.3 is 19.5 Å². The normalized spacial score (nSPS) is 13.0. The van der Waals surface area contributed by atoms with E-state index in [-0.39, 0.29) is 6.61 Å². The standard InChI is InChI=1S/C16H14ClNO5S/c17-14-5-4-13(24-14)16(20)23-9-15(19)18-10-2-3-11-12(8-10)22-7-1-6-21-11/h2-5,8H,1,6-7,9H2,(H,18,19). The third-order valence-corrected chi connectivity index (χ3v) is 4.35. The van der Waals surface area contributed by atoms with E-state index in [2.05, 4.69) is 5.32 Å². The first-order valence-electron chi connectivity index (χ1n) is 7.24. The highest BCUT2D eigenvalue weighted by molar-refractivity contribution is 7.17. The number of carbonyl (C=O) groups is 2. The van der Waals surface area contributed by atoms with Gasteiger partial charge in [-0.05, 0) is 24.3 Å². The second-order valence-corrected chi connectivity index (χ2v) is 6.66. The fraction of sp³-hybridized carbons (Fsp3) is 0.250. The summed E-state index contributed by atoms with van der Waals surface area (Å²) < 4.78 is 16.5. The van der Waals surface area contributed by atoms with Crippen LogP contribution in [0.1, 0.15) is 16.1 Å². The summed E-state index contributed by atoms with van der Waals surface area (Å²) in [5.41, 5.74) is 0.541. The second-order valence-electron chi connectivity index (χ2n) is 4.94. The molecule has 0 aliphatic carbocycles. The number of nitrogens with one attached hydrogen (secondary N) is 1. The Morgan fingerprint density at radius 2 is 1.96 bits per heavy atom. The third kappa shape index (κ3) is 4.18. The molecule has 0 unspecified atom stereocenters. The van der Waals surface area contributed by atoms with Crippen LogP contribution in [0.3, 0.4) is 0 Å². The quantitative estimate of drug-likeness (QED) is 0.839. The molecular weight excluding hydrogens is 354 g/mol.